The Morgan fingerprint density at radius 1 is 1.12 bits per heavy atom. The van der Waals surface area contributed by atoms with Gasteiger partial charge in [0.15, 0.2) is 0 Å². The van der Waals surface area contributed by atoms with Gasteiger partial charge in [-0.25, -0.2) is 13.2 Å². The van der Waals surface area contributed by atoms with Crippen molar-refractivity contribution in [2.75, 3.05) is 19.3 Å². The van der Waals surface area contributed by atoms with Crippen LogP contribution in [-0.4, -0.2) is 83.0 Å². The predicted molar refractivity (Wildman–Crippen MR) is 120 cm³/mol. The summed E-state index contributed by atoms with van der Waals surface area (Å²) in [5.74, 6) is -2.29. The molecular weight excluding hydrogens is 448 g/mol. The van der Waals surface area contributed by atoms with Crippen LogP contribution in [0.15, 0.2) is 36.5 Å². The average molecular weight is 475 g/mol. The van der Waals surface area contributed by atoms with Gasteiger partial charge in [-0.05, 0) is 24.3 Å². The highest BCUT2D eigenvalue weighted by Gasteiger charge is 2.46. The second kappa shape index (κ2) is 9.06. The molecule has 11 heteroatoms. The molecule has 33 heavy (non-hydrogen) atoms. The summed E-state index contributed by atoms with van der Waals surface area (Å²) < 4.78 is 25.3. The largest absolute Gasteiger partial charge is 0.480 e. The molecule has 2 amide bonds. The first-order valence-corrected chi connectivity index (χ1v) is 12.7. The van der Waals surface area contributed by atoms with Crippen molar-refractivity contribution in [3.05, 3.63) is 42.2 Å². The number of carbonyl (C=O) groups excluding carboxylic acids is 2. The van der Waals surface area contributed by atoms with E-state index in [-0.39, 0.29) is 18.8 Å². The lowest BCUT2D eigenvalue weighted by atomic mass is 9.94. The molecule has 2 N–H and O–H groups in total. The SMILES string of the molecule is CS(=O)(=O)N1C[C@@H]2CCCC[C@H](NC(=O)c3nccc4ccccc34)C(=O)N2[C@H](C(=O)O)C1. The summed E-state index contributed by atoms with van der Waals surface area (Å²) in [7, 11) is -3.62. The highest BCUT2D eigenvalue weighted by molar-refractivity contribution is 7.88. The molecule has 2 fully saturated rings. The van der Waals surface area contributed by atoms with E-state index in [1.807, 2.05) is 12.1 Å². The number of nitrogens with zero attached hydrogens (tertiary/aromatic N) is 3. The molecule has 0 radical (unpaired) electrons. The highest BCUT2D eigenvalue weighted by Crippen LogP contribution is 2.27. The Hall–Kier alpha value is -3.05. The number of aliphatic carboxylic acids is 1. The zero-order valence-corrected chi connectivity index (χ0v) is 19.0. The lowest BCUT2D eigenvalue weighted by Crippen LogP contribution is -2.67. The fraction of sp³-hybridized carbons (Fsp3) is 0.455. The van der Waals surface area contributed by atoms with Crippen molar-refractivity contribution in [2.45, 2.75) is 43.8 Å². The van der Waals surface area contributed by atoms with E-state index in [0.717, 1.165) is 15.9 Å². The number of fused-ring (bicyclic) bond motifs is 2. The van der Waals surface area contributed by atoms with Crippen LogP contribution in [0.1, 0.15) is 36.2 Å². The van der Waals surface area contributed by atoms with Crippen molar-refractivity contribution in [3.8, 4) is 0 Å². The quantitative estimate of drug-likeness (QED) is 0.670. The molecule has 0 saturated carbocycles. The lowest BCUT2D eigenvalue weighted by Gasteiger charge is -2.46. The topological polar surface area (TPSA) is 137 Å². The van der Waals surface area contributed by atoms with Gasteiger partial charge in [-0.3, -0.25) is 14.6 Å². The molecule has 0 spiro atoms. The van der Waals surface area contributed by atoms with E-state index in [9.17, 15) is 27.9 Å². The van der Waals surface area contributed by atoms with Crippen molar-refractivity contribution in [3.63, 3.8) is 0 Å². The molecule has 10 nitrogen and oxygen atoms in total. The average Bonchev–Trinajstić information content (AvgIpc) is 2.77. The minimum Gasteiger partial charge on any atom is -0.480 e. The highest BCUT2D eigenvalue weighted by atomic mass is 32.2. The maximum Gasteiger partial charge on any atom is 0.327 e. The third kappa shape index (κ3) is 4.69. The molecule has 3 atom stereocenters. The molecule has 0 bridgehead atoms. The molecule has 2 saturated heterocycles. The Bertz CT molecular complexity index is 1200. The number of carboxylic acids is 1. The molecular formula is C22H26N4O6S. The van der Waals surface area contributed by atoms with E-state index in [0.29, 0.717) is 31.1 Å². The first kappa shape index (κ1) is 23.1. The molecule has 2 aromatic rings. The van der Waals surface area contributed by atoms with Gasteiger partial charge in [-0.2, -0.15) is 4.31 Å². The van der Waals surface area contributed by atoms with Crippen molar-refractivity contribution in [1.82, 2.24) is 19.5 Å². The van der Waals surface area contributed by atoms with Crippen LogP contribution < -0.4 is 5.32 Å². The minimum atomic E-state index is -3.62. The van der Waals surface area contributed by atoms with Gasteiger partial charge < -0.3 is 15.3 Å². The van der Waals surface area contributed by atoms with Crippen LogP contribution >= 0.6 is 0 Å². The summed E-state index contributed by atoms with van der Waals surface area (Å²) in [4.78, 5) is 44.0. The number of piperazine rings is 1. The van der Waals surface area contributed by atoms with Gasteiger partial charge in [0, 0.05) is 30.7 Å². The van der Waals surface area contributed by atoms with Crippen LogP contribution in [0.2, 0.25) is 0 Å². The second-order valence-electron chi connectivity index (χ2n) is 8.52. The summed E-state index contributed by atoms with van der Waals surface area (Å²) in [5, 5.41) is 14.0. The third-order valence-corrected chi connectivity index (χ3v) is 7.54. The van der Waals surface area contributed by atoms with E-state index in [1.54, 1.807) is 18.2 Å². The molecule has 4 rings (SSSR count). The summed E-state index contributed by atoms with van der Waals surface area (Å²) in [5.41, 5.74) is 0.191. The number of rotatable bonds is 4. The van der Waals surface area contributed by atoms with Crippen LogP contribution in [0.25, 0.3) is 10.8 Å². The second-order valence-corrected chi connectivity index (χ2v) is 10.5. The molecule has 0 unspecified atom stereocenters. The van der Waals surface area contributed by atoms with Gasteiger partial charge in [-0.15, -0.1) is 0 Å². The molecule has 2 aliphatic heterocycles. The van der Waals surface area contributed by atoms with Crippen LogP contribution in [-0.2, 0) is 19.6 Å². The van der Waals surface area contributed by atoms with Crippen molar-refractivity contribution in [2.24, 2.45) is 0 Å². The predicted octanol–water partition coefficient (Wildman–Crippen LogP) is 0.833. The molecule has 3 heterocycles. The normalized spacial score (nSPS) is 24.6. The van der Waals surface area contributed by atoms with Crippen LogP contribution in [0.5, 0.6) is 0 Å². The van der Waals surface area contributed by atoms with Gasteiger partial charge in [-0.1, -0.05) is 37.1 Å². The molecule has 1 aromatic heterocycles. The van der Waals surface area contributed by atoms with Gasteiger partial charge in [0.2, 0.25) is 15.9 Å². The van der Waals surface area contributed by atoms with Gasteiger partial charge >= 0.3 is 5.97 Å². The van der Waals surface area contributed by atoms with Crippen LogP contribution in [0, 0.1) is 0 Å². The fourth-order valence-electron chi connectivity index (χ4n) is 4.66. The number of hydrogen-bond donors (Lipinski definition) is 2. The maximum absolute atomic E-state index is 13.5. The third-order valence-electron chi connectivity index (χ3n) is 6.30. The van der Waals surface area contributed by atoms with Gasteiger partial charge in [0.1, 0.15) is 17.8 Å². The zero-order chi connectivity index (χ0) is 23.8. The van der Waals surface area contributed by atoms with Crippen LogP contribution in [0.3, 0.4) is 0 Å². The van der Waals surface area contributed by atoms with E-state index in [4.69, 9.17) is 0 Å². The number of amides is 2. The summed E-state index contributed by atoms with van der Waals surface area (Å²) in [6.07, 6.45) is 4.73. The molecule has 176 valence electrons. The Kier molecular flexibility index (Phi) is 6.35. The number of aromatic nitrogens is 1. The van der Waals surface area contributed by atoms with Crippen molar-refractivity contribution >= 4 is 38.6 Å². The Labute approximate surface area is 191 Å². The number of benzene rings is 1. The first-order valence-electron chi connectivity index (χ1n) is 10.8. The lowest BCUT2D eigenvalue weighted by molar-refractivity contribution is -0.157. The first-order chi connectivity index (χ1) is 15.7. The zero-order valence-electron chi connectivity index (χ0n) is 18.2. The molecule has 1 aromatic carbocycles. The van der Waals surface area contributed by atoms with Gasteiger partial charge in [0.05, 0.1) is 6.26 Å². The number of carboxylic acid groups (broad SMARTS) is 1. The number of pyridine rings is 1. The standard InChI is InChI=1S/C22H26N4O6S/c1-33(31,32)25-12-15-7-3-5-9-17(21(28)26(15)18(13-25)22(29)30)24-20(27)19-16-8-4-2-6-14(16)10-11-23-19/h2,4,6,8,10-11,15,17-18H,3,5,7,9,12-13H2,1H3,(H,24,27)(H,29,30)/t15-,17-,18-/m0/s1. The number of sulfonamides is 1. The van der Waals surface area contributed by atoms with E-state index >= 15 is 0 Å². The van der Waals surface area contributed by atoms with Gasteiger partial charge in [0.25, 0.3) is 5.91 Å². The van der Waals surface area contributed by atoms with E-state index in [1.165, 1.54) is 11.1 Å². The number of hydrogen-bond acceptors (Lipinski definition) is 6. The van der Waals surface area contributed by atoms with Crippen molar-refractivity contribution < 1.29 is 27.9 Å². The van der Waals surface area contributed by atoms with E-state index < -0.39 is 45.9 Å². The van der Waals surface area contributed by atoms with E-state index in [2.05, 4.69) is 10.3 Å². The summed E-state index contributed by atoms with van der Waals surface area (Å²) in [6, 6.07) is 6.26. The number of carbonyl (C=O) groups is 3. The molecule has 2 aliphatic rings. The summed E-state index contributed by atoms with van der Waals surface area (Å²) >= 11 is 0. The maximum atomic E-state index is 13.5. The minimum absolute atomic E-state index is 0.0416. The summed E-state index contributed by atoms with van der Waals surface area (Å²) in [6.45, 7) is -0.276. The Morgan fingerprint density at radius 2 is 1.85 bits per heavy atom. The monoisotopic (exact) mass is 474 g/mol. The smallest absolute Gasteiger partial charge is 0.327 e. The number of nitrogens with one attached hydrogen (secondary N) is 1. The Morgan fingerprint density at radius 3 is 2.58 bits per heavy atom. The Balaban J connectivity index is 1.62. The fourth-order valence-corrected chi connectivity index (χ4v) is 5.51. The molecule has 0 aliphatic carbocycles. The van der Waals surface area contributed by atoms with Crippen LogP contribution in [0.4, 0.5) is 0 Å². The van der Waals surface area contributed by atoms with Crippen molar-refractivity contribution in [1.29, 1.82) is 0 Å².